The first kappa shape index (κ1) is 26.9. The number of Topliss-reactive ketones (excluding diaryl/α,β-unsaturated/α-hetero) is 1. The minimum atomic E-state index is -0.708. The van der Waals surface area contributed by atoms with Gasteiger partial charge < -0.3 is 24.4 Å². The average Bonchev–Trinajstić information content (AvgIpc) is 3.17. The first-order chi connectivity index (χ1) is 18.3. The number of rotatable bonds is 10. The van der Waals surface area contributed by atoms with Gasteiger partial charge in [0.05, 0.1) is 18.2 Å². The normalized spacial score (nSPS) is 16.8. The third-order valence-corrected chi connectivity index (χ3v) is 6.52. The molecule has 1 atom stereocenters. The fraction of sp³-hybridized carbons (Fsp3) is 0.290. The quantitative estimate of drug-likeness (QED) is 0.234. The van der Waals surface area contributed by atoms with Crippen LogP contribution in [0.1, 0.15) is 35.2 Å². The van der Waals surface area contributed by atoms with E-state index in [0.717, 1.165) is 16.7 Å². The summed E-state index contributed by atoms with van der Waals surface area (Å²) in [7, 11) is 3.82. The summed E-state index contributed by atoms with van der Waals surface area (Å²) < 4.78 is 11.5. The van der Waals surface area contributed by atoms with Crippen LogP contribution in [-0.2, 0) is 16.2 Å². The summed E-state index contributed by atoms with van der Waals surface area (Å²) in [5.74, 6) is -0.135. The van der Waals surface area contributed by atoms with E-state index >= 15 is 0 Å². The molecule has 0 spiro atoms. The second-order valence-electron chi connectivity index (χ2n) is 9.55. The van der Waals surface area contributed by atoms with Crippen LogP contribution in [0.2, 0.25) is 0 Å². The highest BCUT2D eigenvalue weighted by atomic mass is 16.5. The van der Waals surface area contributed by atoms with Crippen LogP contribution < -0.4 is 9.47 Å². The average molecular weight is 515 g/mol. The third-order valence-electron chi connectivity index (χ3n) is 6.52. The summed E-state index contributed by atoms with van der Waals surface area (Å²) in [6, 6.07) is 21.7. The van der Waals surface area contributed by atoms with Gasteiger partial charge in [-0.3, -0.25) is 9.59 Å². The maximum atomic E-state index is 13.3. The topological polar surface area (TPSA) is 79.3 Å². The van der Waals surface area contributed by atoms with E-state index in [-0.39, 0.29) is 11.3 Å². The lowest BCUT2D eigenvalue weighted by atomic mass is 9.94. The number of likely N-dealkylation sites (tertiary alicyclic amines) is 1. The smallest absolute Gasteiger partial charge is 0.295 e. The molecule has 38 heavy (non-hydrogen) atoms. The van der Waals surface area contributed by atoms with E-state index in [1.54, 1.807) is 18.2 Å². The molecule has 1 saturated heterocycles. The van der Waals surface area contributed by atoms with Crippen LogP contribution in [0.5, 0.6) is 11.5 Å². The monoisotopic (exact) mass is 514 g/mol. The molecule has 0 aromatic heterocycles. The molecular formula is C31H34N2O5. The molecule has 1 aliphatic rings. The van der Waals surface area contributed by atoms with Crippen molar-refractivity contribution in [1.82, 2.24) is 9.80 Å². The van der Waals surface area contributed by atoms with Gasteiger partial charge in [0.1, 0.15) is 23.9 Å². The SMILES string of the molecule is CCOc1ccc([C@@H]2/C(=C(\O)c3ccc(OCc4ccccc4)c(C)c3)C(=O)C(=O)N2CCN(C)C)cc1. The van der Waals surface area contributed by atoms with Crippen molar-refractivity contribution >= 4 is 17.4 Å². The van der Waals surface area contributed by atoms with Crippen molar-refractivity contribution in [3.8, 4) is 11.5 Å². The van der Waals surface area contributed by atoms with Crippen molar-refractivity contribution in [2.75, 3.05) is 33.8 Å². The molecule has 1 N–H and O–H groups in total. The van der Waals surface area contributed by atoms with Gasteiger partial charge in [-0.2, -0.15) is 0 Å². The van der Waals surface area contributed by atoms with E-state index in [1.807, 2.05) is 87.4 Å². The van der Waals surface area contributed by atoms with Gasteiger partial charge in [-0.25, -0.2) is 0 Å². The summed E-state index contributed by atoms with van der Waals surface area (Å²) in [5, 5.41) is 11.4. The van der Waals surface area contributed by atoms with Crippen LogP contribution in [0.4, 0.5) is 0 Å². The lowest BCUT2D eigenvalue weighted by molar-refractivity contribution is -0.140. The molecule has 7 nitrogen and oxygen atoms in total. The van der Waals surface area contributed by atoms with Crippen molar-refractivity contribution < 1.29 is 24.2 Å². The largest absolute Gasteiger partial charge is 0.507 e. The summed E-state index contributed by atoms with van der Waals surface area (Å²) in [6.45, 7) is 5.66. The Labute approximate surface area is 223 Å². The van der Waals surface area contributed by atoms with Crippen molar-refractivity contribution in [2.24, 2.45) is 0 Å². The highest BCUT2D eigenvalue weighted by Gasteiger charge is 2.45. The first-order valence-corrected chi connectivity index (χ1v) is 12.7. The number of nitrogens with zero attached hydrogens (tertiary/aromatic N) is 2. The van der Waals surface area contributed by atoms with Crippen LogP contribution in [-0.4, -0.2) is 60.4 Å². The van der Waals surface area contributed by atoms with Crippen LogP contribution in [0.15, 0.2) is 78.4 Å². The molecule has 1 fully saturated rings. The van der Waals surface area contributed by atoms with E-state index in [4.69, 9.17) is 9.47 Å². The van der Waals surface area contributed by atoms with Crippen molar-refractivity contribution in [2.45, 2.75) is 26.5 Å². The van der Waals surface area contributed by atoms with Gasteiger partial charge in [0.25, 0.3) is 11.7 Å². The number of carbonyl (C=O) groups excluding carboxylic acids is 2. The molecule has 0 saturated carbocycles. The van der Waals surface area contributed by atoms with E-state index in [0.29, 0.717) is 43.4 Å². The Kier molecular flexibility index (Phi) is 8.48. The van der Waals surface area contributed by atoms with Crippen LogP contribution >= 0.6 is 0 Å². The Hall–Kier alpha value is -4.10. The van der Waals surface area contributed by atoms with E-state index in [2.05, 4.69) is 0 Å². The number of ketones is 1. The Morgan fingerprint density at radius 3 is 2.32 bits per heavy atom. The van der Waals surface area contributed by atoms with E-state index in [9.17, 15) is 14.7 Å². The van der Waals surface area contributed by atoms with Crippen molar-refractivity contribution in [1.29, 1.82) is 0 Å². The summed E-state index contributed by atoms with van der Waals surface area (Å²) >= 11 is 0. The van der Waals surface area contributed by atoms with Gasteiger partial charge >= 0.3 is 0 Å². The Bertz CT molecular complexity index is 1320. The van der Waals surface area contributed by atoms with Crippen LogP contribution in [0.3, 0.4) is 0 Å². The predicted molar refractivity (Wildman–Crippen MR) is 147 cm³/mol. The standard InChI is InChI=1S/C31H34N2O5/c1-5-37-25-14-11-23(12-15-25)28-27(30(35)31(36)33(28)18-17-32(3)4)29(34)24-13-16-26(21(2)19-24)38-20-22-9-7-6-8-10-22/h6-16,19,28,34H,5,17-18,20H2,1-4H3/b29-27+/t28-/m1/s1. The fourth-order valence-electron chi connectivity index (χ4n) is 4.53. The van der Waals surface area contributed by atoms with Gasteiger partial charge in [-0.15, -0.1) is 0 Å². The zero-order valence-corrected chi connectivity index (χ0v) is 22.3. The number of likely N-dealkylation sites (N-methyl/N-ethyl adjacent to an activating group) is 1. The maximum absolute atomic E-state index is 13.3. The predicted octanol–water partition coefficient (Wildman–Crippen LogP) is 4.96. The number of amides is 1. The molecule has 7 heteroatoms. The first-order valence-electron chi connectivity index (χ1n) is 12.7. The van der Waals surface area contributed by atoms with E-state index in [1.165, 1.54) is 4.90 Å². The van der Waals surface area contributed by atoms with Gasteiger partial charge in [-0.1, -0.05) is 42.5 Å². The second kappa shape index (κ2) is 12.0. The molecule has 0 bridgehead atoms. The number of aliphatic hydroxyl groups is 1. The Morgan fingerprint density at radius 2 is 1.68 bits per heavy atom. The molecule has 198 valence electrons. The van der Waals surface area contributed by atoms with Crippen molar-refractivity contribution in [3.05, 3.63) is 101 Å². The number of hydrogen-bond donors (Lipinski definition) is 1. The minimum Gasteiger partial charge on any atom is -0.507 e. The molecule has 1 aliphatic heterocycles. The Morgan fingerprint density at radius 1 is 0.974 bits per heavy atom. The van der Waals surface area contributed by atoms with Gasteiger partial charge in [0.2, 0.25) is 0 Å². The van der Waals surface area contributed by atoms with Crippen molar-refractivity contribution in [3.63, 3.8) is 0 Å². The number of benzene rings is 3. The van der Waals surface area contributed by atoms with E-state index < -0.39 is 17.7 Å². The molecule has 0 radical (unpaired) electrons. The number of aryl methyl sites for hydroxylation is 1. The van der Waals surface area contributed by atoms with Crippen LogP contribution in [0, 0.1) is 6.92 Å². The second-order valence-corrected chi connectivity index (χ2v) is 9.55. The van der Waals surface area contributed by atoms with Gasteiger partial charge in [0, 0.05) is 18.7 Å². The molecule has 3 aromatic carbocycles. The number of hydrogen-bond acceptors (Lipinski definition) is 6. The van der Waals surface area contributed by atoms with Gasteiger partial charge in [0.15, 0.2) is 0 Å². The number of carbonyl (C=O) groups is 2. The molecule has 0 aliphatic carbocycles. The zero-order valence-electron chi connectivity index (χ0n) is 22.3. The zero-order chi connectivity index (χ0) is 27.2. The molecule has 0 unspecified atom stereocenters. The third kappa shape index (κ3) is 5.89. The van der Waals surface area contributed by atoms with Gasteiger partial charge in [-0.05, 0) is 75.0 Å². The molecule has 3 aromatic rings. The Balaban J connectivity index is 1.69. The lowest BCUT2D eigenvalue weighted by Gasteiger charge is -2.26. The summed E-state index contributed by atoms with van der Waals surface area (Å²) in [5.41, 5.74) is 3.12. The number of aliphatic hydroxyl groups excluding tert-OH is 1. The highest BCUT2D eigenvalue weighted by molar-refractivity contribution is 6.46. The number of ether oxygens (including phenoxy) is 2. The maximum Gasteiger partial charge on any atom is 0.295 e. The highest BCUT2D eigenvalue weighted by Crippen LogP contribution is 2.40. The summed E-state index contributed by atoms with van der Waals surface area (Å²) in [6.07, 6.45) is 0. The molecule has 1 amide bonds. The molecule has 1 heterocycles. The molecular weight excluding hydrogens is 480 g/mol. The fourth-order valence-corrected chi connectivity index (χ4v) is 4.53. The lowest BCUT2D eigenvalue weighted by Crippen LogP contribution is -2.35. The minimum absolute atomic E-state index is 0.0790. The van der Waals surface area contributed by atoms with Crippen LogP contribution in [0.25, 0.3) is 5.76 Å². The summed E-state index contributed by atoms with van der Waals surface area (Å²) in [4.78, 5) is 29.9. The molecule has 4 rings (SSSR count).